The summed E-state index contributed by atoms with van der Waals surface area (Å²) in [4.78, 5) is 17.6. The average molecular weight is 493 g/mol. The van der Waals surface area contributed by atoms with Crippen molar-refractivity contribution in [2.45, 2.75) is 46.0 Å². The molecule has 5 rings (SSSR count). The number of nitrogens with zero attached hydrogens (tertiary/aromatic N) is 5. The topological polar surface area (TPSA) is 86.9 Å². The highest BCUT2D eigenvalue weighted by Crippen LogP contribution is 2.39. The predicted molar refractivity (Wildman–Crippen MR) is 139 cm³/mol. The van der Waals surface area contributed by atoms with E-state index in [1.54, 1.807) is 35.4 Å². The maximum atomic E-state index is 14.8. The molecule has 1 N–H and O–H groups in total. The Morgan fingerprint density at radius 1 is 1.25 bits per heavy atom. The van der Waals surface area contributed by atoms with Gasteiger partial charge in [0, 0.05) is 20.6 Å². The quantitative estimate of drug-likeness (QED) is 0.361. The van der Waals surface area contributed by atoms with Crippen LogP contribution >= 0.6 is 0 Å². The minimum atomic E-state index is -0.597. The third-order valence-electron chi connectivity index (χ3n) is 5.83. The summed E-state index contributed by atoms with van der Waals surface area (Å²) in [6, 6.07) is 8.20. The largest absolute Gasteiger partial charge is 0.494 e. The Kier molecular flexibility index (Phi) is 7.47. The summed E-state index contributed by atoms with van der Waals surface area (Å²) in [5.74, 6) is 0.324. The van der Waals surface area contributed by atoms with Gasteiger partial charge in [-0.2, -0.15) is 0 Å². The van der Waals surface area contributed by atoms with Gasteiger partial charge in [0.25, 0.3) is 5.91 Å². The molecule has 2 aromatic carbocycles. The lowest BCUT2D eigenvalue weighted by molar-refractivity contribution is 0.102. The number of anilines is 1. The minimum absolute atomic E-state index is 0. The zero-order valence-corrected chi connectivity index (χ0v) is 21.2. The van der Waals surface area contributed by atoms with Gasteiger partial charge in [0.05, 0.1) is 41.6 Å². The van der Waals surface area contributed by atoms with E-state index in [0.717, 1.165) is 18.5 Å². The first-order valence-corrected chi connectivity index (χ1v) is 12.0. The fraction of sp³-hybridized carbons (Fsp3) is 0.333. The molecule has 2 aromatic heterocycles. The van der Waals surface area contributed by atoms with Gasteiger partial charge < -0.3 is 19.2 Å². The van der Waals surface area contributed by atoms with E-state index in [1.807, 2.05) is 30.8 Å². The summed E-state index contributed by atoms with van der Waals surface area (Å²) in [6.07, 6.45) is 8.77. The summed E-state index contributed by atoms with van der Waals surface area (Å²) in [7, 11) is 3.32. The number of methoxy groups -OCH3 is 1. The Balaban J connectivity index is 0.000000908. The SMILES string of the molecule is CCC.COc1c(NC(=O)c2cc(-n3cnc(C4CC4)c3)c(C)cc2F)cccc1-c1nncn1C.[HH]. The van der Waals surface area contributed by atoms with Crippen LogP contribution in [0.1, 0.15) is 62.1 Å². The number of ether oxygens (including phenoxy) is 1. The lowest BCUT2D eigenvalue weighted by Gasteiger charge is -2.15. The maximum absolute atomic E-state index is 14.8. The van der Waals surface area contributed by atoms with E-state index in [-0.39, 0.29) is 6.99 Å². The fourth-order valence-corrected chi connectivity index (χ4v) is 3.92. The molecule has 0 unspecified atom stereocenters. The number of imidazole rings is 1. The van der Waals surface area contributed by atoms with Crippen molar-refractivity contribution < 1.29 is 15.3 Å². The van der Waals surface area contributed by atoms with Crippen LogP contribution in [0.4, 0.5) is 10.1 Å². The van der Waals surface area contributed by atoms with E-state index in [0.29, 0.717) is 40.0 Å². The molecule has 9 heteroatoms. The highest BCUT2D eigenvalue weighted by molar-refractivity contribution is 6.06. The molecule has 2 heterocycles. The van der Waals surface area contributed by atoms with Crippen molar-refractivity contribution in [3.63, 3.8) is 0 Å². The first kappa shape index (κ1) is 25.1. The number of carbonyl (C=O) groups excluding carboxylic acids is 1. The van der Waals surface area contributed by atoms with Crippen molar-refractivity contribution in [1.29, 1.82) is 0 Å². The first-order valence-electron chi connectivity index (χ1n) is 12.0. The molecule has 8 nitrogen and oxygen atoms in total. The number of aryl methyl sites for hydroxylation is 2. The zero-order valence-electron chi connectivity index (χ0n) is 21.2. The number of hydrogen-bond acceptors (Lipinski definition) is 5. The Hall–Kier alpha value is -4.01. The molecule has 0 radical (unpaired) electrons. The number of benzene rings is 2. The lowest BCUT2D eigenvalue weighted by atomic mass is 10.1. The van der Waals surface area contributed by atoms with E-state index in [1.165, 1.54) is 19.6 Å². The number of para-hydroxylation sites is 1. The van der Waals surface area contributed by atoms with Crippen LogP contribution in [0, 0.1) is 12.7 Å². The summed E-state index contributed by atoms with van der Waals surface area (Å²) in [6.45, 7) is 6.06. The van der Waals surface area contributed by atoms with Crippen molar-refractivity contribution >= 4 is 11.6 Å². The minimum Gasteiger partial charge on any atom is -0.494 e. The molecule has 0 aliphatic heterocycles. The van der Waals surface area contributed by atoms with Gasteiger partial charge in [-0.05, 0) is 49.6 Å². The van der Waals surface area contributed by atoms with Crippen LogP contribution in [0.5, 0.6) is 5.75 Å². The van der Waals surface area contributed by atoms with E-state index < -0.39 is 11.7 Å². The molecule has 0 saturated heterocycles. The molecule has 0 bridgehead atoms. The molecule has 1 saturated carbocycles. The summed E-state index contributed by atoms with van der Waals surface area (Å²) >= 11 is 0. The van der Waals surface area contributed by atoms with Crippen molar-refractivity contribution in [3.8, 4) is 22.8 Å². The molecular weight excluding hydrogens is 459 g/mol. The van der Waals surface area contributed by atoms with E-state index in [9.17, 15) is 9.18 Å². The third kappa shape index (κ3) is 5.15. The lowest BCUT2D eigenvalue weighted by Crippen LogP contribution is -2.16. The van der Waals surface area contributed by atoms with Crippen LogP contribution in [0.15, 0.2) is 49.2 Å². The molecule has 36 heavy (non-hydrogen) atoms. The van der Waals surface area contributed by atoms with Crippen LogP contribution in [0.3, 0.4) is 0 Å². The fourth-order valence-electron chi connectivity index (χ4n) is 3.92. The molecule has 1 aliphatic rings. The van der Waals surface area contributed by atoms with Gasteiger partial charge in [0.15, 0.2) is 11.6 Å². The van der Waals surface area contributed by atoms with Crippen LogP contribution in [0.2, 0.25) is 0 Å². The maximum Gasteiger partial charge on any atom is 0.258 e. The number of hydrogen-bond donors (Lipinski definition) is 1. The van der Waals surface area contributed by atoms with Gasteiger partial charge in [-0.1, -0.05) is 26.3 Å². The van der Waals surface area contributed by atoms with E-state index >= 15 is 0 Å². The molecule has 0 spiro atoms. The third-order valence-corrected chi connectivity index (χ3v) is 5.83. The number of halogens is 1. The number of aromatic nitrogens is 5. The first-order chi connectivity index (χ1) is 17.4. The Morgan fingerprint density at radius 2 is 2.00 bits per heavy atom. The van der Waals surface area contributed by atoms with Crippen molar-refractivity contribution in [2.75, 3.05) is 12.4 Å². The van der Waals surface area contributed by atoms with E-state index in [4.69, 9.17) is 4.74 Å². The predicted octanol–water partition coefficient (Wildman–Crippen LogP) is 5.92. The summed E-state index contributed by atoms with van der Waals surface area (Å²) < 4.78 is 24.0. The Morgan fingerprint density at radius 3 is 2.64 bits per heavy atom. The molecule has 1 amide bonds. The number of rotatable bonds is 6. The van der Waals surface area contributed by atoms with Crippen molar-refractivity contribution in [3.05, 3.63) is 71.8 Å². The normalized spacial score (nSPS) is 12.6. The average Bonchev–Trinajstić information content (AvgIpc) is 3.43. The highest BCUT2D eigenvalue weighted by atomic mass is 19.1. The van der Waals surface area contributed by atoms with Gasteiger partial charge >= 0.3 is 0 Å². The highest BCUT2D eigenvalue weighted by Gasteiger charge is 2.26. The van der Waals surface area contributed by atoms with Gasteiger partial charge in [-0.3, -0.25) is 4.79 Å². The second-order valence-corrected chi connectivity index (χ2v) is 8.91. The Labute approximate surface area is 211 Å². The van der Waals surface area contributed by atoms with Crippen LogP contribution in [-0.4, -0.2) is 37.3 Å². The molecule has 190 valence electrons. The molecule has 0 atom stereocenters. The monoisotopic (exact) mass is 492 g/mol. The smallest absolute Gasteiger partial charge is 0.258 e. The number of carbonyl (C=O) groups is 1. The second kappa shape index (κ2) is 10.7. The van der Waals surface area contributed by atoms with Crippen molar-refractivity contribution in [2.24, 2.45) is 7.05 Å². The number of nitrogens with one attached hydrogen (secondary N) is 1. The molecule has 1 aliphatic carbocycles. The molecule has 4 aromatic rings. The van der Waals surface area contributed by atoms with Crippen LogP contribution in [0.25, 0.3) is 17.1 Å². The zero-order chi connectivity index (χ0) is 25.8. The van der Waals surface area contributed by atoms with E-state index in [2.05, 4.69) is 34.3 Å². The molecular formula is C27H33FN6O2. The van der Waals surface area contributed by atoms with Crippen LogP contribution in [-0.2, 0) is 7.05 Å². The second-order valence-electron chi connectivity index (χ2n) is 8.91. The standard InChI is InChI=1S/C24H23FN6O2.C3H8.H2/c1-14-9-18(25)17(10-21(14)31-11-20(26-12-31)15-7-8-15)24(32)28-19-6-4-5-16(22(19)33-3)23-29-27-13-30(23)2;1-3-2;/h4-6,9-13,15H,7-8H2,1-3H3,(H,28,32);3H2,1-2H3;1H. The Bertz CT molecular complexity index is 1380. The van der Waals surface area contributed by atoms with Crippen LogP contribution < -0.4 is 10.1 Å². The number of amides is 1. The summed E-state index contributed by atoms with van der Waals surface area (Å²) in [5.41, 5.74) is 3.44. The van der Waals surface area contributed by atoms with Gasteiger partial charge in [-0.15, -0.1) is 10.2 Å². The van der Waals surface area contributed by atoms with Crippen molar-refractivity contribution in [1.82, 2.24) is 24.3 Å². The van der Waals surface area contributed by atoms with Gasteiger partial charge in [0.1, 0.15) is 12.1 Å². The van der Waals surface area contributed by atoms with Gasteiger partial charge in [-0.25, -0.2) is 9.37 Å². The molecule has 1 fully saturated rings. The summed E-state index contributed by atoms with van der Waals surface area (Å²) in [5, 5.41) is 10.8. The van der Waals surface area contributed by atoms with Gasteiger partial charge in [0.2, 0.25) is 0 Å².